The molecule has 2 aromatic carbocycles. The second-order valence-corrected chi connectivity index (χ2v) is 10.9. The summed E-state index contributed by atoms with van der Waals surface area (Å²) in [5.41, 5.74) is 2.29. The Morgan fingerprint density at radius 1 is 0.784 bits per heavy atom. The van der Waals surface area contributed by atoms with Gasteiger partial charge in [-0.15, -0.1) is 23.2 Å². The highest BCUT2D eigenvalue weighted by molar-refractivity contribution is 6.40. The molecule has 4 atom stereocenters. The number of fused-ring (bicyclic) bond motifs is 13. The number of alkyl halides is 2. The summed E-state index contributed by atoms with van der Waals surface area (Å²) in [4.78, 5) is 52.7. The standard InChI is InChI=1S/C28H21N3O3.CH2Cl2/c1-14-8-4-5-11-17(14)31-24(32)20-21(25(31)33)28(3)19-16-10-7-13-30-23(16)22-15(9-6-12-29-22)18(19)27(20,2)26(28)34;2-1-3/h4-13,20-21H,1-3H3;1H2/t20-,21+,27+,28-;. The average molecular weight is 532 g/mol. The van der Waals surface area contributed by atoms with E-state index >= 15 is 0 Å². The average Bonchev–Trinajstić information content (AvgIpc) is 3.35. The molecule has 1 saturated heterocycles. The van der Waals surface area contributed by atoms with Crippen molar-refractivity contribution in [3.05, 3.63) is 77.6 Å². The molecule has 3 aliphatic rings. The van der Waals surface area contributed by atoms with E-state index in [0.29, 0.717) is 16.7 Å². The maximum absolute atomic E-state index is 14.2. The third kappa shape index (κ3) is 2.75. The van der Waals surface area contributed by atoms with Gasteiger partial charge in [-0.1, -0.05) is 30.3 Å². The lowest BCUT2D eigenvalue weighted by Gasteiger charge is -2.34. The Hall–Kier alpha value is -3.35. The Bertz CT molecular complexity index is 1570. The molecule has 8 heteroatoms. The van der Waals surface area contributed by atoms with Crippen LogP contribution in [0.4, 0.5) is 5.69 Å². The number of pyridine rings is 2. The SMILES string of the molecule is Cc1ccccc1N1C(=O)[C@@H]2[C@H](C1=O)[C@@]1(C)C(=O)[C@]2(C)c2c1c1cccnc1c1ncccc21.ClCCl. The molecule has 0 radical (unpaired) electrons. The van der Waals surface area contributed by atoms with Gasteiger partial charge in [0, 0.05) is 23.2 Å². The molecule has 2 bridgehead atoms. The van der Waals surface area contributed by atoms with Crippen molar-refractivity contribution in [1.82, 2.24) is 9.97 Å². The van der Waals surface area contributed by atoms with E-state index in [1.165, 1.54) is 4.90 Å². The van der Waals surface area contributed by atoms with Gasteiger partial charge in [0.25, 0.3) is 0 Å². The van der Waals surface area contributed by atoms with Gasteiger partial charge >= 0.3 is 0 Å². The molecule has 6 nitrogen and oxygen atoms in total. The van der Waals surface area contributed by atoms with Crippen LogP contribution in [-0.2, 0) is 25.2 Å². The van der Waals surface area contributed by atoms with Gasteiger partial charge in [-0.25, -0.2) is 4.90 Å². The maximum atomic E-state index is 14.2. The van der Waals surface area contributed by atoms with Gasteiger partial charge in [-0.3, -0.25) is 24.4 Å². The number of carbonyl (C=O) groups is 3. The number of amides is 2. The van der Waals surface area contributed by atoms with Crippen LogP contribution in [0.1, 0.15) is 30.5 Å². The van der Waals surface area contributed by atoms with Gasteiger partial charge in [0.1, 0.15) is 0 Å². The van der Waals surface area contributed by atoms with Crippen LogP contribution in [0.15, 0.2) is 60.9 Å². The Kier molecular flexibility index (Phi) is 5.24. The van der Waals surface area contributed by atoms with Crippen molar-refractivity contribution in [3.8, 4) is 0 Å². The molecule has 2 fully saturated rings. The minimum atomic E-state index is -1.12. The topological polar surface area (TPSA) is 80.2 Å². The van der Waals surface area contributed by atoms with Crippen molar-refractivity contribution in [3.63, 3.8) is 0 Å². The fourth-order valence-electron chi connectivity index (χ4n) is 7.18. The number of carbonyl (C=O) groups excluding carboxylic acids is 3. The fraction of sp³-hybridized carbons (Fsp3) is 0.276. The Morgan fingerprint density at radius 2 is 1.24 bits per heavy atom. The van der Waals surface area contributed by atoms with Crippen LogP contribution in [0.3, 0.4) is 0 Å². The third-order valence-electron chi connectivity index (χ3n) is 8.52. The number of ketones is 1. The number of hydrogen-bond acceptors (Lipinski definition) is 5. The molecule has 2 amide bonds. The molecule has 0 unspecified atom stereocenters. The van der Waals surface area contributed by atoms with Crippen LogP contribution in [-0.4, -0.2) is 32.9 Å². The smallest absolute Gasteiger partial charge is 0.239 e. The zero-order chi connectivity index (χ0) is 26.3. The van der Waals surface area contributed by atoms with E-state index in [-0.39, 0.29) is 22.9 Å². The van der Waals surface area contributed by atoms with Crippen molar-refractivity contribution in [2.75, 3.05) is 10.2 Å². The molecular weight excluding hydrogens is 509 g/mol. The van der Waals surface area contributed by atoms with Gasteiger partial charge in [-0.2, -0.15) is 0 Å². The van der Waals surface area contributed by atoms with Crippen LogP contribution < -0.4 is 4.90 Å². The van der Waals surface area contributed by atoms with Crippen molar-refractivity contribution in [2.45, 2.75) is 31.6 Å². The Morgan fingerprint density at radius 3 is 1.70 bits per heavy atom. The summed E-state index contributed by atoms with van der Waals surface area (Å²) in [6, 6.07) is 15.0. The lowest BCUT2D eigenvalue weighted by atomic mass is 9.64. The first-order valence-electron chi connectivity index (χ1n) is 12.0. The van der Waals surface area contributed by atoms with Gasteiger partial charge < -0.3 is 0 Å². The van der Waals surface area contributed by atoms with Crippen LogP contribution in [0.25, 0.3) is 21.8 Å². The first kappa shape index (κ1) is 24.0. The quantitative estimate of drug-likeness (QED) is 0.186. The number of aromatic nitrogens is 2. The first-order valence-corrected chi connectivity index (χ1v) is 13.1. The van der Waals surface area contributed by atoms with E-state index in [4.69, 9.17) is 23.2 Å². The molecule has 4 aromatic rings. The monoisotopic (exact) mass is 531 g/mol. The number of nitrogens with zero attached hydrogens (tertiary/aromatic N) is 3. The third-order valence-corrected chi connectivity index (χ3v) is 8.52. The first-order chi connectivity index (χ1) is 17.7. The summed E-state index contributed by atoms with van der Waals surface area (Å²) in [7, 11) is 0. The van der Waals surface area contributed by atoms with Gasteiger partial charge in [0.2, 0.25) is 11.8 Å². The highest BCUT2D eigenvalue weighted by Gasteiger charge is 2.78. The van der Waals surface area contributed by atoms with Crippen molar-refractivity contribution >= 4 is 68.3 Å². The zero-order valence-corrected chi connectivity index (χ0v) is 22.0. The molecule has 0 N–H and O–H groups in total. The van der Waals surface area contributed by atoms with Crippen LogP contribution in [0.5, 0.6) is 0 Å². The molecule has 2 aromatic heterocycles. The molecule has 7 rings (SSSR count). The molecule has 1 aliphatic heterocycles. The van der Waals surface area contributed by atoms with Gasteiger partial charge in [0.05, 0.1) is 44.7 Å². The second-order valence-electron chi connectivity index (χ2n) is 10.1. The molecule has 37 heavy (non-hydrogen) atoms. The molecule has 186 valence electrons. The molecule has 3 heterocycles. The van der Waals surface area contributed by atoms with Crippen LogP contribution >= 0.6 is 23.2 Å². The van der Waals surface area contributed by atoms with E-state index in [9.17, 15) is 14.4 Å². The molecule has 2 aliphatic carbocycles. The van der Waals surface area contributed by atoms with Gasteiger partial charge in [0.15, 0.2) is 5.78 Å². The highest BCUT2D eigenvalue weighted by atomic mass is 35.5. The number of para-hydroxylation sites is 1. The number of benzene rings is 2. The minimum Gasteiger partial charge on any atom is -0.298 e. The van der Waals surface area contributed by atoms with E-state index in [2.05, 4.69) is 9.97 Å². The summed E-state index contributed by atoms with van der Waals surface area (Å²) in [6.07, 6.45) is 3.43. The van der Waals surface area contributed by atoms with Crippen LogP contribution in [0.2, 0.25) is 0 Å². The lowest BCUT2D eigenvalue weighted by molar-refractivity contribution is -0.131. The van der Waals surface area contributed by atoms with Gasteiger partial charge in [-0.05, 0) is 55.7 Å². The number of anilines is 1. The largest absolute Gasteiger partial charge is 0.298 e. The Labute approximate surface area is 223 Å². The number of aryl methyl sites for hydroxylation is 1. The van der Waals surface area contributed by atoms with E-state index in [1.54, 1.807) is 18.5 Å². The summed E-state index contributed by atoms with van der Waals surface area (Å²) >= 11 is 9.53. The number of imide groups is 1. The zero-order valence-electron chi connectivity index (χ0n) is 20.5. The predicted octanol–water partition coefficient (Wildman–Crippen LogP) is 5.43. The number of rotatable bonds is 1. The summed E-state index contributed by atoms with van der Waals surface area (Å²) in [5.74, 6) is -2.14. The highest BCUT2D eigenvalue weighted by Crippen LogP contribution is 2.68. The van der Waals surface area contributed by atoms with Crippen LogP contribution in [0, 0.1) is 18.8 Å². The van der Waals surface area contributed by atoms with Crippen molar-refractivity contribution in [1.29, 1.82) is 0 Å². The second kappa shape index (κ2) is 8.07. The minimum absolute atomic E-state index is 0.0577. The molecular formula is C29H23Cl2N3O3. The van der Waals surface area contributed by atoms with Crippen molar-refractivity contribution < 1.29 is 14.4 Å². The number of hydrogen-bond donors (Lipinski definition) is 0. The summed E-state index contributed by atoms with van der Waals surface area (Å²) in [5, 5.41) is 1.85. The maximum Gasteiger partial charge on any atom is 0.239 e. The number of halogens is 2. The van der Waals surface area contributed by atoms with E-state index in [0.717, 1.165) is 27.5 Å². The van der Waals surface area contributed by atoms with E-state index in [1.807, 2.05) is 63.2 Å². The van der Waals surface area contributed by atoms with Crippen molar-refractivity contribution in [2.24, 2.45) is 11.8 Å². The molecule has 1 saturated carbocycles. The summed E-state index contributed by atoms with van der Waals surface area (Å²) < 4.78 is 0. The fourth-order valence-corrected chi connectivity index (χ4v) is 7.18. The lowest BCUT2D eigenvalue weighted by Crippen LogP contribution is -2.42. The normalized spacial score (nSPS) is 27.5. The Balaban J connectivity index is 0.000000804. The number of Topliss-reactive ketones (excluding diaryl/α,β-unsaturated/α-hetero) is 1. The van der Waals surface area contributed by atoms with E-state index < -0.39 is 22.7 Å². The summed E-state index contributed by atoms with van der Waals surface area (Å²) in [6.45, 7) is 5.59. The predicted molar refractivity (Wildman–Crippen MR) is 144 cm³/mol. The molecule has 0 spiro atoms.